The molecule has 0 unspecified atom stereocenters. The molecule has 0 spiro atoms. The van der Waals surface area contributed by atoms with E-state index in [4.69, 9.17) is 4.74 Å². The van der Waals surface area contributed by atoms with Gasteiger partial charge in [0.25, 0.3) is 0 Å². The van der Waals surface area contributed by atoms with Crippen molar-refractivity contribution in [1.82, 2.24) is 4.90 Å². The molecule has 4 nitrogen and oxygen atoms in total. The van der Waals surface area contributed by atoms with Gasteiger partial charge in [-0.15, -0.1) is 0 Å². The van der Waals surface area contributed by atoms with Gasteiger partial charge >= 0.3 is 5.97 Å². The van der Waals surface area contributed by atoms with Crippen molar-refractivity contribution in [2.75, 3.05) is 0 Å². The highest BCUT2D eigenvalue weighted by atomic mass is 16.5. The van der Waals surface area contributed by atoms with Gasteiger partial charge in [-0.2, -0.15) is 0 Å². The quantitative estimate of drug-likeness (QED) is 0.633. The minimum absolute atomic E-state index is 0.0900. The summed E-state index contributed by atoms with van der Waals surface area (Å²) in [6.07, 6.45) is 2.34. The van der Waals surface area contributed by atoms with Gasteiger partial charge in [0.05, 0.1) is 5.56 Å². The van der Waals surface area contributed by atoms with E-state index in [0.29, 0.717) is 18.4 Å². The minimum atomic E-state index is -0.408. The van der Waals surface area contributed by atoms with Gasteiger partial charge in [0.2, 0.25) is 5.91 Å². The Kier molecular flexibility index (Phi) is 4.64. The van der Waals surface area contributed by atoms with Crippen LogP contribution < -0.4 is 0 Å². The number of ether oxygens (including phenoxy) is 1. The van der Waals surface area contributed by atoms with Crippen molar-refractivity contribution in [3.8, 4) is 0 Å². The van der Waals surface area contributed by atoms with Crippen LogP contribution in [0.2, 0.25) is 0 Å². The Morgan fingerprint density at radius 3 is 2.13 bits per heavy atom. The van der Waals surface area contributed by atoms with Crippen molar-refractivity contribution < 1.29 is 14.3 Å². The Bertz CT molecular complexity index is 586. The molecule has 1 fully saturated rings. The van der Waals surface area contributed by atoms with Crippen molar-refractivity contribution in [2.24, 2.45) is 0 Å². The number of piperidine rings is 1. The highest BCUT2D eigenvalue weighted by Crippen LogP contribution is 2.40. The number of hydrogen-bond acceptors (Lipinski definition) is 3. The lowest BCUT2D eigenvalue weighted by Gasteiger charge is -2.54. The third-order valence-corrected chi connectivity index (χ3v) is 4.34. The minimum Gasteiger partial charge on any atom is -0.459 e. The average Bonchev–Trinajstić information content (AvgIpc) is 2.45. The molecular weight excluding hydrogens is 290 g/mol. The van der Waals surface area contributed by atoms with Crippen LogP contribution in [0.3, 0.4) is 0 Å². The predicted octanol–water partition coefficient (Wildman–Crippen LogP) is 3.58. The molecule has 1 saturated heterocycles. The molecule has 0 aliphatic carbocycles. The summed E-state index contributed by atoms with van der Waals surface area (Å²) in [7, 11) is 0. The van der Waals surface area contributed by atoms with Gasteiger partial charge < -0.3 is 9.64 Å². The summed E-state index contributed by atoms with van der Waals surface area (Å²) in [5, 5.41) is 0. The van der Waals surface area contributed by atoms with E-state index >= 15 is 0 Å². The molecule has 1 aromatic carbocycles. The summed E-state index contributed by atoms with van der Waals surface area (Å²) in [6, 6.07) is 8.98. The molecule has 0 aromatic heterocycles. The van der Waals surface area contributed by atoms with Gasteiger partial charge in [-0.3, -0.25) is 4.79 Å². The first-order valence-electron chi connectivity index (χ1n) is 7.90. The standard InChI is InChI=1S/C19H25NO3/c1-6-16(21)20-18(2,3)12-15(13-19(20,4)5)23-17(22)14-10-8-7-9-11-14/h6-11,15H,1,12-13H2,2-5H3. The summed E-state index contributed by atoms with van der Waals surface area (Å²) < 4.78 is 5.71. The van der Waals surface area contributed by atoms with Gasteiger partial charge in [0.1, 0.15) is 6.10 Å². The summed E-state index contributed by atoms with van der Waals surface area (Å²) in [5.41, 5.74) is -0.267. The van der Waals surface area contributed by atoms with E-state index in [2.05, 4.69) is 6.58 Å². The first kappa shape index (κ1) is 17.3. The molecule has 0 bridgehead atoms. The zero-order chi connectivity index (χ0) is 17.3. The molecule has 1 aliphatic heterocycles. The van der Waals surface area contributed by atoms with Crippen LogP contribution in [-0.4, -0.2) is 34.0 Å². The molecule has 0 radical (unpaired) electrons. The zero-order valence-corrected chi connectivity index (χ0v) is 14.3. The molecule has 2 rings (SSSR count). The maximum Gasteiger partial charge on any atom is 0.338 e. The molecule has 0 atom stereocenters. The van der Waals surface area contributed by atoms with Crippen LogP contribution in [0.15, 0.2) is 43.0 Å². The first-order chi connectivity index (χ1) is 10.7. The fourth-order valence-corrected chi connectivity index (χ4v) is 3.75. The largest absolute Gasteiger partial charge is 0.459 e. The lowest BCUT2D eigenvalue weighted by atomic mass is 9.78. The lowest BCUT2D eigenvalue weighted by Crippen LogP contribution is -2.64. The van der Waals surface area contributed by atoms with E-state index < -0.39 is 11.1 Å². The number of esters is 1. The van der Waals surface area contributed by atoms with E-state index in [-0.39, 0.29) is 18.0 Å². The van der Waals surface area contributed by atoms with Gasteiger partial charge in [-0.1, -0.05) is 24.8 Å². The van der Waals surface area contributed by atoms with E-state index in [0.717, 1.165) is 0 Å². The van der Waals surface area contributed by atoms with Crippen LogP contribution in [0.4, 0.5) is 0 Å². The van der Waals surface area contributed by atoms with Crippen LogP contribution in [0, 0.1) is 0 Å². The fraction of sp³-hybridized carbons (Fsp3) is 0.474. The normalized spacial score (nSPS) is 19.9. The third kappa shape index (κ3) is 3.63. The molecule has 1 aromatic rings. The fourth-order valence-electron chi connectivity index (χ4n) is 3.75. The van der Waals surface area contributed by atoms with E-state index in [1.165, 1.54) is 6.08 Å². The average molecular weight is 315 g/mol. The summed E-state index contributed by atoms with van der Waals surface area (Å²) in [6.45, 7) is 11.6. The van der Waals surface area contributed by atoms with Crippen LogP contribution in [-0.2, 0) is 9.53 Å². The maximum absolute atomic E-state index is 12.3. The van der Waals surface area contributed by atoms with E-state index in [1.807, 2.05) is 50.8 Å². The highest BCUT2D eigenvalue weighted by Gasteiger charge is 2.48. The summed E-state index contributed by atoms with van der Waals surface area (Å²) in [5.74, 6) is -0.404. The number of amides is 1. The van der Waals surface area contributed by atoms with Gasteiger partial charge in [-0.05, 0) is 45.9 Å². The van der Waals surface area contributed by atoms with E-state index in [9.17, 15) is 9.59 Å². The number of rotatable bonds is 3. The number of nitrogens with zero attached hydrogens (tertiary/aromatic N) is 1. The molecular formula is C19H25NO3. The van der Waals surface area contributed by atoms with Crippen LogP contribution in [0.25, 0.3) is 0 Å². The topological polar surface area (TPSA) is 46.6 Å². The van der Waals surface area contributed by atoms with E-state index in [1.54, 1.807) is 12.1 Å². The third-order valence-electron chi connectivity index (χ3n) is 4.34. The molecule has 1 heterocycles. The smallest absolute Gasteiger partial charge is 0.338 e. The predicted molar refractivity (Wildman–Crippen MR) is 90.1 cm³/mol. The molecule has 1 aliphatic rings. The van der Waals surface area contributed by atoms with Crippen LogP contribution >= 0.6 is 0 Å². The Hall–Kier alpha value is -2.10. The summed E-state index contributed by atoms with van der Waals surface area (Å²) in [4.78, 5) is 26.4. The molecule has 1 amide bonds. The van der Waals surface area contributed by atoms with Gasteiger partial charge in [-0.25, -0.2) is 4.79 Å². The lowest BCUT2D eigenvalue weighted by molar-refractivity contribution is -0.149. The first-order valence-corrected chi connectivity index (χ1v) is 7.90. The molecule has 0 saturated carbocycles. The highest BCUT2D eigenvalue weighted by molar-refractivity contribution is 5.90. The number of hydrogen-bond donors (Lipinski definition) is 0. The van der Waals surface area contributed by atoms with Crippen molar-refractivity contribution in [1.29, 1.82) is 0 Å². The molecule has 124 valence electrons. The number of benzene rings is 1. The Balaban J connectivity index is 2.17. The Labute approximate surface area is 138 Å². The summed E-state index contributed by atoms with van der Waals surface area (Å²) >= 11 is 0. The Morgan fingerprint density at radius 2 is 1.65 bits per heavy atom. The van der Waals surface area contributed by atoms with Crippen LogP contribution in [0.1, 0.15) is 50.9 Å². The Morgan fingerprint density at radius 1 is 1.13 bits per heavy atom. The number of carbonyl (C=O) groups is 2. The van der Waals surface area contributed by atoms with Gasteiger partial charge in [0.15, 0.2) is 0 Å². The second kappa shape index (κ2) is 6.19. The SMILES string of the molecule is C=CC(=O)N1C(C)(C)CC(OC(=O)c2ccccc2)CC1(C)C. The zero-order valence-electron chi connectivity index (χ0n) is 14.3. The van der Waals surface area contributed by atoms with Crippen molar-refractivity contribution in [3.63, 3.8) is 0 Å². The van der Waals surface area contributed by atoms with Crippen molar-refractivity contribution in [2.45, 2.75) is 57.7 Å². The van der Waals surface area contributed by atoms with Crippen LogP contribution in [0.5, 0.6) is 0 Å². The molecule has 0 N–H and O–H groups in total. The van der Waals surface area contributed by atoms with Gasteiger partial charge in [0, 0.05) is 23.9 Å². The maximum atomic E-state index is 12.3. The number of likely N-dealkylation sites (tertiary alicyclic amines) is 1. The number of carbonyl (C=O) groups excluding carboxylic acids is 2. The second-order valence-electron chi connectivity index (χ2n) is 7.30. The molecule has 4 heteroatoms. The van der Waals surface area contributed by atoms with Crippen molar-refractivity contribution >= 4 is 11.9 Å². The van der Waals surface area contributed by atoms with Crippen molar-refractivity contribution in [3.05, 3.63) is 48.6 Å². The second-order valence-corrected chi connectivity index (χ2v) is 7.30. The monoisotopic (exact) mass is 315 g/mol. The molecule has 23 heavy (non-hydrogen) atoms.